The van der Waals surface area contributed by atoms with Crippen molar-refractivity contribution in [3.63, 3.8) is 0 Å². The Labute approximate surface area is 134 Å². The van der Waals surface area contributed by atoms with Crippen LogP contribution in [0.15, 0.2) is 36.4 Å². The quantitative estimate of drug-likeness (QED) is 0.785. The molecule has 0 unspecified atom stereocenters. The number of carbonyl (C=O) groups is 1. The van der Waals surface area contributed by atoms with E-state index in [0.29, 0.717) is 17.3 Å². The minimum absolute atomic E-state index is 0.196. The summed E-state index contributed by atoms with van der Waals surface area (Å²) in [4.78, 5) is 12.2. The number of nitrogens with two attached hydrogens (primary N) is 1. The number of halogens is 2. The number of hydrogen-bond donors (Lipinski definition) is 2. The minimum atomic E-state index is -0.341. The van der Waals surface area contributed by atoms with Gasteiger partial charge >= 0.3 is 0 Å². The standard InChI is InChI=1S/C16H16Cl2N2O/c1-9(2)10-3-5-12(6-4-10)20-16(21)13-7-11(19)8-14(17)15(13)18/h3-9H,19H2,1-2H3,(H,20,21). The van der Waals surface area contributed by atoms with Crippen molar-refractivity contribution in [2.45, 2.75) is 19.8 Å². The lowest BCUT2D eigenvalue weighted by Crippen LogP contribution is -2.13. The lowest BCUT2D eigenvalue weighted by atomic mass is 10.0. The Kier molecular flexibility index (Phi) is 4.76. The Hall–Kier alpha value is -1.71. The van der Waals surface area contributed by atoms with Crippen LogP contribution in [0.25, 0.3) is 0 Å². The molecule has 21 heavy (non-hydrogen) atoms. The van der Waals surface area contributed by atoms with Crippen molar-refractivity contribution in [1.29, 1.82) is 0 Å². The van der Waals surface area contributed by atoms with Crippen LogP contribution in [0.4, 0.5) is 11.4 Å². The third-order valence-electron chi connectivity index (χ3n) is 3.13. The van der Waals surface area contributed by atoms with Gasteiger partial charge in [0.15, 0.2) is 0 Å². The molecule has 2 aromatic rings. The van der Waals surface area contributed by atoms with E-state index < -0.39 is 0 Å². The van der Waals surface area contributed by atoms with Gasteiger partial charge < -0.3 is 11.1 Å². The largest absolute Gasteiger partial charge is 0.399 e. The number of benzene rings is 2. The smallest absolute Gasteiger partial charge is 0.257 e. The second-order valence-electron chi connectivity index (χ2n) is 5.10. The molecule has 0 atom stereocenters. The Morgan fingerprint density at radius 1 is 1.14 bits per heavy atom. The van der Waals surface area contributed by atoms with Gasteiger partial charge in [-0.1, -0.05) is 49.2 Å². The van der Waals surface area contributed by atoms with Gasteiger partial charge in [0, 0.05) is 11.4 Å². The lowest BCUT2D eigenvalue weighted by molar-refractivity contribution is 0.102. The molecule has 0 spiro atoms. The fraction of sp³-hybridized carbons (Fsp3) is 0.188. The second-order valence-corrected chi connectivity index (χ2v) is 5.88. The number of rotatable bonds is 3. The highest BCUT2D eigenvalue weighted by Crippen LogP contribution is 2.29. The molecule has 0 aliphatic rings. The molecule has 3 N–H and O–H groups in total. The number of carbonyl (C=O) groups excluding carboxylic acids is 1. The van der Waals surface area contributed by atoms with E-state index in [0.717, 1.165) is 0 Å². The van der Waals surface area contributed by atoms with Gasteiger partial charge in [-0.15, -0.1) is 0 Å². The van der Waals surface area contributed by atoms with E-state index in [4.69, 9.17) is 28.9 Å². The maximum Gasteiger partial charge on any atom is 0.257 e. The van der Waals surface area contributed by atoms with Crippen molar-refractivity contribution in [2.24, 2.45) is 0 Å². The Bertz CT molecular complexity index is 667. The van der Waals surface area contributed by atoms with Gasteiger partial charge in [0.2, 0.25) is 0 Å². The molecule has 2 aromatic carbocycles. The average molecular weight is 323 g/mol. The Balaban J connectivity index is 2.22. The topological polar surface area (TPSA) is 55.1 Å². The summed E-state index contributed by atoms with van der Waals surface area (Å²) in [6, 6.07) is 10.7. The van der Waals surface area contributed by atoms with Gasteiger partial charge in [0.05, 0.1) is 15.6 Å². The van der Waals surface area contributed by atoms with Crippen LogP contribution in [0.5, 0.6) is 0 Å². The number of hydrogen-bond acceptors (Lipinski definition) is 2. The van der Waals surface area contributed by atoms with Crippen LogP contribution in [0.3, 0.4) is 0 Å². The van der Waals surface area contributed by atoms with E-state index in [9.17, 15) is 4.79 Å². The monoisotopic (exact) mass is 322 g/mol. The zero-order valence-electron chi connectivity index (χ0n) is 11.8. The van der Waals surface area contributed by atoms with Gasteiger partial charge in [-0.2, -0.15) is 0 Å². The molecule has 1 amide bonds. The molecule has 0 aliphatic heterocycles. The van der Waals surface area contributed by atoms with Crippen LogP contribution >= 0.6 is 23.2 Å². The fourth-order valence-corrected chi connectivity index (χ4v) is 2.35. The number of nitrogen functional groups attached to an aromatic ring is 1. The number of nitrogens with one attached hydrogen (secondary N) is 1. The summed E-state index contributed by atoms with van der Waals surface area (Å²) in [5.74, 6) is 0.100. The predicted octanol–water partition coefficient (Wildman–Crippen LogP) is 4.95. The third-order valence-corrected chi connectivity index (χ3v) is 3.93. The van der Waals surface area contributed by atoms with E-state index in [-0.39, 0.29) is 21.5 Å². The summed E-state index contributed by atoms with van der Waals surface area (Å²) in [5.41, 5.74) is 8.24. The zero-order chi connectivity index (χ0) is 15.6. The van der Waals surface area contributed by atoms with Crippen molar-refractivity contribution < 1.29 is 4.79 Å². The van der Waals surface area contributed by atoms with Crippen LogP contribution in [0.1, 0.15) is 35.7 Å². The van der Waals surface area contributed by atoms with E-state index in [1.807, 2.05) is 24.3 Å². The molecule has 0 heterocycles. The van der Waals surface area contributed by atoms with Crippen molar-refractivity contribution in [3.8, 4) is 0 Å². The predicted molar refractivity (Wildman–Crippen MR) is 89.4 cm³/mol. The van der Waals surface area contributed by atoms with E-state index in [2.05, 4.69) is 19.2 Å². The van der Waals surface area contributed by atoms with Gasteiger partial charge in [-0.05, 0) is 35.7 Å². The summed E-state index contributed by atoms with van der Waals surface area (Å²) in [7, 11) is 0. The number of anilines is 2. The molecule has 0 bridgehead atoms. The van der Waals surface area contributed by atoms with Crippen molar-refractivity contribution >= 4 is 40.5 Å². The first-order chi connectivity index (χ1) is 9.88. The maximum atomic E-state index is 12.2. The van der Waals surface area contributed by atoms with Crippen molar-refractivity contribution in [1.82, 2.24) is 0 Å². The van der Waals surface area contributed by atoms with Crippen LogP contribution in [0, 0.1) is 0 Å². The molecule has 0 fully saturated rings. The van der Waals surface area contributed by atoms with E-state index >= 15 is 0 Å². The summed E-state index contributed by atoms with van der Waals surface area (Å²) >= 11 is 12.0. The van der Waals surface area contributed by atoms with Gasteiger partial charge in [0.1, 0.15) is 0 Å². The molecule has 3 nitrogen and oxygen atoms in total. The number of amides is 1. The fourth-order valence-electron chi connectivity index (χ4n) is 1.93. The third kappa shape index (κ3) is 3.69. The molecule has 0 aromatic heterocycles. The highest BCUT2D eigenvalue weighted by atomic mass is 35.5. The Morgan fingerprint density at radius 2 is 1.76 bits per heavy atom. The summed E-state index contributed by atoms with van der Waals surface area (Å²) in [6.07, 6.45) is 0. The highest BCUT2D eigenvalue weighted by molar-refractivity contribution is 6.44. The maximum absolute atomic E-state index is 12.2. The molecule has 2 rings (SSSR count). The van der Waals surface area contributed by atoms with Crippen LogP contribution in [-0.2, 0) is 0 Å². The summed E-state index contributed by atoms with van der Waals surface area (Å²) in [5, 5.41) is 3.24. The first-order valence-electron chi connectivity index (χ1n) is 6.54. The van der Waals surface area contributed by atoms with Crippen molar-refractivity contribution in [3.05, 3.63) is 57.6 Å². The molecule has 5 heteroatoms. The van der Waals surface area contributed by atoms with Gasteiger partial charge in [0.25, 0.3) is 5.91 Å². The molecule has 0 radical (unpaired) electrons. The van der Waals surface area contributed by atoms with Crippen LogP contribution < -0.4 is 11.1 Å². The summed E-state index contributed by atoms with van der Waals surface area (Å²) < 4.78 is 0. The second kappa shape index (κ2) is 6.37. The van der Waals surface area contributed by atoms with Gasteiger partial charge in [-0.3, -0.25) is 4.79 Å². The molecule has 0 saturated carbocycles. The SMILES string of the molecule is CC(C)c1ccc(NC(=O)c2cc(N)cc(Cl)c2Cl)cc1. The average Bonchev–Trinajstić information content (AvgIpc) is 2.43. The molecule has 0 aliphatic carbocycles. The normalized spacial score (nSPS) is 10.7. The van der Waals surface area contributed by atoms with Gasteiger partial charge in [-0.25, -0.2) is 0 Å². The molecule has 0 saturated heterocycles. The first-order valence-corrected chi connectivity index (χ1v) is 7.30. The Morgan fingerprint density at radius 3 is 2.33 bits per heavy atom. The highest BCUT2D eigenvalue weighted by Gasteiger charge is 2.14. The molecular formula is C16H16Cl2N2O. The van der Waals surface area contributed by atoms with E-state index in [1.54, 1.807) is 0 Å². The minimum Gasteiger partial charge on any atom is -0.399 e. The zero-order valence-corrected chi connectivity index (χ0v) is 13.3. The molecular weight excluding hydrogens is 307 g/mol. The van der Waals surface area contributed by atoms with Crippen LogP contribution in [0.2, 0.25) is 10.0 Å². The van der Waals surface area contributed by atoms with E-state index in [1.165, 1.54) is 17.7 Å². The first kappa shape index (κ1) is 15.7. The summed E-state index contributed by atoms with van der Waals surface area (Å²) in [6.45, 7) is 4.23. The van der Waals surface area contributed by atoms with Crippen molar-refractivity contribution in [2.75, 3.05) is 11.1 Å². The van der Waals surface area contributed by atoms with Crippen LogP contribution in [-0.4, -0.2) is 5.91 Å². The lowest BCUT2D eigenvalue weighted by Gasteiger charge is -2.10. The molecule has 110 valence electrons.